The van der Waals surface area contributed by atoms with Crippen LogP contribution in [0.5, 0.6) is 0 Å². The van der Waals surface area contributed by atoms with E-state index in [0.29, 0.717) is 17.9 Å². The third-order valence-corrected chi connectivity index (χ3v) is 8.31. The molecule has 6 heteroatoms. The van der Waals surface area contributed by atoms with Crippen LogP contribution < -0.4 is 22.9 Å². The van der Waals surface area contributed by atoms with Crippen molar-refractivity contribution in [3.63, 3.8) is 0 Å². The minimum atomic E-state index is 0. The smallest absolute Gasteiger partial charge is 0.0571 e. The maximum absolute atomic E-state index is 5.93. The number of pyridine rings is 2. The summed E-state index contributed by atoms with van der Waals surface area (Å²) in [4.78, 5) is 8.61. The Morgan fingerprint density at radius 1 is 0.625 bits per heavy atom. The van der Waals surface area contributed by atoms with Gasteiger partial charge >= 0.3 is 0 Å². The third kappa shape index (κ3) is 27.0. The molecule has 6 unspecified atom stereocenters. The molecule has 0 aliphatic heterocycles. The normalized spacial score (nSPS) is 18.7. The van der Waals surface area contributed by atoms with Crippen LogP contribution in [0.2, 0.25) is 0 Å². The third-order valence-electron chi connectivity index (χ3n) is 8.31. The average molecular weight is 675 g/mol. The van der Waals surface area contributed by atoms with Crippen LogP contribution in [0.4, 0.5) is 0 Å². The van der Waals surface area contributed by atoms with E-state index in [-0.39, 0.29) is 40.4 Å². The summed E-state index contributed by atoms with van der Waals surface area (Å²) in [7, 11) is 0. The van der Waals surface area contributed by atoms with E-state index in [4.69, 9.17) is 22.9 Å². The molecular weight excluding hydrogens is 589 g/mol. The highest BCUT2D eigenvalue weighted by atomic mass is 14.8. The fourth-order valence-corrected chi connectivity index (χ4v) is 5.88. The molecule has 6 nitrogen and oxygen atoms in total. The zero-order chi connectivity index (χ0) is 34.4. The van der Waals surface area contributed by atoms with E-state index in [1.165, 1.54) is 31.4 Å². The van der Waals surface area contributed by atoms with Gasteiger partial charge in [-0.25, -0.2) is 0 Å². The fraction of sp³-hybridized carbons (Fsp3) is 0.762. The van der Waals surface area contributed by atoms with E-state index < -0.39 is 0 Å². The van der Waals surface area contributed by atoms with Crippen LogP contribution >= 0.6 is 0 Å². The van der Waals surface area contributed by atoms with Crippen molar-refractivity contribution in [2.45, 2.75) is 179 Å². The summed E-state index contributed by atoms with van der Waals surface area (Å²) in [5.41, 5.74) is 25.6. The summed E-state index contributed by atoms with van der Waals surface area (Å²) in [5, 5.41) is 0. The van der Waals surface area contributed by atoms with Crippen LogP contribution in [0.3, 0.4) is 0 Å². The standard InChI is InChI=1S/C12H19N.C10H22N2.C10H16N2.C7H17N.3CH4/c1-4-11(9-10(2)3)12-7-5-6-8-13-12;1-7(2)5-8-3-4-9(11)10(12)6-8;1-8(2)7-9(11)10-5-3-4-6-12-10;1-4-7(8)5-6(2)3;;;/h5-8,10-11H,4,9H2,1-3H3;7-10H,3-6,11-12H2,1-2H3;3-6,8-9H,7,11H2,1-2H3;6-7H,4-5,8H2,1-3H3;3*1H4. The van der Waals surface area contributed by atoms with Crippen LogP contribution in [0.15, 0.2) is 48.8 Å². The Kier molecular flexibility index (Phi) is 34.4. The van der Waals surface area contributed by atoms with Gasteiger partial charge in [-0.1, -0.05) is 104 Å². The summed E-state index contributed by atoms with van der Waals surface area (Å²) in [6, 6.07) is 13.1. The molecule has 0 bridgehead atoms. The Hall–Kier alpha value is -1.86. The van der Waals surface area contributed by atoms with Gasteiger partial charge in [-0.2, -0.15) is 0 Å². The van der Waals surface area contributed by atoms with Crippen LogP contribution in [-0.2, 0) is 0 Å². The van der Waals surface area contributed by atoms with Crippen LogP contribution in [0, 0.1) is 29.6 Å². The van der Waals surface area contributed by atoms with Crippen molar-refractivity contribution < 1.29 is 0 Å². The molecule has 3 rings (SSSR count). The van der Waals surface area contributed by atoms with Crippen molar-refractivity contribution in [3.05, 3.63) is 60.2 Å². The highest BCUT2D eigenvalue weighted by Gasteiger charge is 2.25. The first kappa shape index (κ1) is 52.9. The minimum absolute atomic E-state index is 0. The maximum Gasteiger partial charge on any atom is 0.0571 e. The van der Waals surface area contributed by atoms with Gasteiger partial charge in [0.05, 0.1) is 5.69 Å². The molecule has 0 radical (unpaired) electrons. The summed E-state index contributed by atoms with van der Waals surface area (Å²) in [6.45, 7) is 22.2. The summed E-state index contributed by atoms with van der Waals surface area (Å²) >= 11 is 0. The molecule has 1 fully saturated rings. The predicted octanol–water partition coefficient (Wildman–Crippen LogP) is 10.9. The Balaban J connectivity index is -0.000000267. The molecule has 0 amide bonds. The Morgan fingerprint density at radius 2 is 1.12 bits per heavy atom. The maximum atomic E-state index is 5.93. The van der Waals surface area contributed by atoms with Gasteiger partial charge in [0, 0.05) is 48.2 Å². The van der Waals surface area contributed by atoms with E-state index >= 15 is 0 Å². The summed E-state index contributed by atoms with van der Waals surface area (Å²) in [5.74, 6) is 4.41. The molecule has 6 atom stereocenters. The number of rotatable bonds is 12. The van der Waals surface area contributed by atoms with Crippen molar-refractivity contribution in [3.8, 4) is 0 Å². The lowest BCUT2D eigenvalue weighted by Gasteiger charge is -2.32. The van der Waals surface area contributed by atoms with Crippen molar-refractivity contribution in [2.24, 2.45) is 52.5 Å². The lowest BCUT2D eigenvalue weighted by atomic mass is 9.79. The second-order valence-electron chi connectivity index (χ2n) is 14.9. The van der Waals surface area contributed by atoms with Crippen molar-refractivity contribution in [1.29, 1.82) is 0 Å². The monoisotopic (exact) mass is 675 g/mol. The molecule has 0 aromatic carbocycles. The first-order valence-corrected chi connectivity index (χ1v) is 18.0. The van der Waals surface area contributed by atoms with E-state index in [1.807, 2.05) is 30.5 Å². The van der Waals surface area contributed by atoms with Crippen molar-refractivity contribution >= 4 is 0 Å². The summed E-state index contributed by atoms with van der Waals surface area (Å²) in [6.07, 6.45) is 14.2. The highest BCUT2D eigenvalue weighted by Crippen LogP contribution is 2.28. The van der Waals surface area contributed by atoms with Crippen LogP contribution in [-0.4, -0.2) is 28.1 Å². The molecular formula is C42H86N6. The van der Waals surface area contributed by atoms with E-state index in [0.717, 1.165) is 61.5 Å². The van der Waals surface area contributed by atoms with Gasteiger partial charge in [-0.3, -0.25) is 9.97 Å². The average Bonchev–Trinajstić information content (AvgIpc) is 2.98. The number of hydrogen-bond acceptors (Lipinski definition) is 6. The number of aromatic nitrogens is 2. The van der Waals surface area contributed by atoms with Gasteiger partial charge in [0.2, 0.25) is 0 Å². The molecule has 0 saturated heterocycles. The largest absolute Gasteiger partial charge is 0.328 e. The van der Waals surface area contributed by atoms with Crippen LogP contribution in [0.25, 0.3) is 0 Å². The van der Waals surface area contributed by atoms with E-state index in [1.54, 1.807) is 6.20 Å². The van der Waals surface area contributed by atoms with Gasteiger partial charge in [0.25, 0.3) is 0 Å². The number of hydrogen-bond donors (Lipinski definition) is 4. The first-order chi connectivity index (χ1) is 21.2. The Bertz CT molecular complexity index is 918. The van der Waals surface area contributed by atoms with Gasteiger partial charge in [-0.05, 0) is 112 Å². The fourth-order valence-electron chi connectivity index (χ4n) is 5.88. The lowest BCUT2D eigenvalue weighted by molar-refractivity contribution is 0.255. The molecule has 1 aliphatic carbocycles. The zero-order valence-electron chi connectivity index (χ0n) is 31.0. The first-order valence-electron chi connectivity index (χ1n) is 18.0. The molecule has 284 valence electrons. The van der Waals surface area contributed by atoms with Gasteiger partial charge in [0.1, 0.15) is 0 Å². The van der Waals surface area contributed by atoms with Gasteiger partial charge in [-0.15, -0.1) is 0 Å². The molecule has 1 saturated carbocycles. The van der Waals surface area contributed by atoms with Gasteiger partial charge < -0.3 is 22.9 Å². The second kappa shape index (κ2) is 31.1. The topological polar surface area (TPSA) is 130 Å². The quantitative estimate of drug-likeness (QED) is 0.177. The van der Waals surface area contributed by atoms with E-state index in [9.17, 15) is 0 Å². The minimum Gasteiger partial charge on any atom is -0.328 e. The Labute approximate surface area is 301 Å². The Morgan fingerprint density at radius 3 is 1.48 bits per heavy atom. The zero-order valence-corrected chi connectivity index (χ0v) is 31.0. The number of nitrogens with zero attached hydrogens (tertiary/aromatic N) is 2. The van der Waals surface area contributed by atoms with Crippen LogP contribution in [0.1, 0.15) is 173 Å². The highest BCUT2D eigenvalue weighted by molar-refractivity contribution is 5.09. The molecule has 0 spiro atoms. The lowest BCUT2D eigenvalue weighted by Crippen LogP contribution is -2.46. The molecule has 48 heavy (non-hydrogen) atoms. The molecule has 8 N–H and O–H groups in total. The molecule has 2 heterocycles. The molecule has 2 aromatic heterocycles. The predicted molar refractivity (Wildman–Crippen MR) is 218 cm³/mol. The second-order valence-corrected chi connectivity index (χ2v) is 14.9. The SMILES string of the molecule is C.C.C.CC(C)CC(N)c1ccccn1.CC(C)CC1CCC(N)C(N)C1.CCC(CC(C)C)c1ccccn1.CCC(N)CC(C)C. The van der Waals surface area contributed by atoms with E-state index in [2.05, 4.69) is 91.3 Å². The molecule has 1 aliphatic rings. The van der Waals surface area contributed by atoms with Crippen molar-refractivity contribution in [2.75, 3.05) is 0 Å². The number of nitrogens with two attached hydrogens (primary N) is 4. The summed E-state index contributed by atoms with van der Waals surface area (Å²) < 4.78 is 0. The van der Waals surface area contributed by atoms with Crippen molar-refractivity contribution in [1.82, 2.24) is 9.97 Å². The molecule has 2 aromatic rings. The van der Waals surface area contributed by atoms with Gasteiger partial charge in [0.15, 0.2) is 0 Å².